The van der Waals surface area contributed by atoms with Gasteiger partial charge in [0.25, 0.3) is 5.56 Å². The molecule has 0 radical (unpaired) electrons. The maximum absolute atomic E-state index is 13.4. The topological polar surface area (TPSA) is 88.1 Å². The summed E-state index contributed by atoms with van der Waals surface area (Å²) in [6.45, 7) is 5.95. The molecule has 0 aliphatic heterocycles. The van der Waals surface area contributed by atoms with Crippen molar-refractivity contribution < 1.29 is 9.53 Å². The van der Waals surface area contributed by atoms with Crippen molar-refractivity contribution in [1.29, 1.82) is 0 Å². The number of aryl methyl sites for hydroxylation is 1. The molecular formula is C25H26N4O4. The molecule has 33 heavy (non-hydrogen) atoms. The Bertz CT molecular complexity index is 1460. The number of carbonyl (C=O) groups excluding carboxylic acids is 1. The van der Waals surface area contributed by atoms with Crippen molar-refractivity contribution in [3.8, 4) is 11.4 Å². The molecule has 0 aliphatic rings. The lowest BCUT2D eigenvalue weighted by molar-refractivity contribution is 0.0973. The van der Waals surface area contributed by atoms with Gasteiger partial charge in [-0.05, 0) is 36.6 Å². The lowest BCUT2D eigenvalue weighted by Gasteiger charge is -2.15. The van der Waals surface area contributed by atoms with Crippen LogP contribution in [0.25, 0.3) is 16.9 Å². The van der Waals surface area contributed by atoms with Crippen LogP contribution in [0.1, 0.15) is 29.8 Å². The summed E-state index contributed by atoms with van der Waals surface area (Å²) in [7, 11) is 1.54. The normalized spacial score (nSPS) is 11.3. The molecule has 8 heteroatoms. The molecule has 0 fully saturated rings. The zero-order valence-corrected chi connectivity index (χ0v) is 19.1. The molecule has 0 atom stereocenters. The first-order valence-corrected chi connectivity index (χ1v) is 10.8. The molecule has 2 heterocycles. The summed E-state index contributed by atoms with van der Waals surface area (Å²) in [5, 5.41) is 0. The summed E-state index contributed by atoms with van der Waals surface area (Å²) in [6.07, 6.45) is 1.44. The van der Waals surface area contributed by atoms with Gasteiger partial charge in [0, 0.05) is 12.1 Å². The highest BCUT2D eigenvalue weighted by molar-refractivity contribution is 5.96. The smallest absolute Gasteiger partial charge is 0.337 e. The van der Waals surface area contributed by atoms with Gasteiger partial charge in [-0.25, -0.2) is 14.3 Å². The SMILES string of the molecule is COc1cccc(C(=O)Cn2cnc3c2c(=O)n(CC(C)C)c(=O)n3-c2ccccc2C)c1. The number of carbonyl (C=O) groups is 1. The van der Waals surface area contributed by atoms with E-state index < -0.39 is 11.2 Å². The third-order valence-corrected chi connectivity index (χ3v) is 5.51. The van der Waals surface area contributed by atoms with Crippen LogP contribution in [0.15, 0.2) is 64.4 Å². The van der Waals surface area contributed by atoms with E-state index in [1.165, 1.54) is 27.1 Å². The number of rotatable bonds is 7. The second-order valence-electron chi connectivity index (χ2n) is 8.41. The summed E-state index contributed by atoms with van der Waals surface area (Å²) in [6, 6.07) is 14.3. The van der Waals surface area contributed by atoms with Crippen LogP contribution in [0.3, 0.4) is 0 Å². The Labute approximate surface area is 190 Å². The Hall–Kier alpha value is -3.94. The number of fused-ring (bicyclic) bond motifs is 1. The molecule has 0 saturated heterocycles. The quantitative estimate of drug-likeness (QED) is 0.407. The predicted molar refractivity (Wildman–Crippen MR) is 126 cm³/mol. The Morgan fingerprint density at radius 2 is 1.85 bits per heavy atom. The van der Waals surface area contributed by atoms with Gasteiger partial charge in [0.1, 0.15) is 5.75 Å². The maximum Gasteiger partial charge on any atom is 0.337 e. The van der Waals surface area contributed by atoms with Gasteiger partial charge in [-0.2, -0.15) is 0 Å². The molecule has 0 bridgehead atoms. The van der Waals surface area contributed by atoms with E-state index in [0.717, 1.165) is 5.56 Å². The minimum atomic E-state index is -0.454. The van der Waals surface area contributed by atoms with E-state index >= 15 is 0 Å². The van der Waals surface area contributed by atoms with E-state index in [1.54, 1.807) is 24.3 Å². The van der Waals surface area contributed by atoms with Crippen molar-refractivity contribution in [2.45, 2.75) is 33.9 Å². The number of imidazole rings is 1. The molecule has 0 spiro atoms. The van der Waals surface area contributed by atoms with Gasteiger partial charge >= 0.3 is 5.69 Å². The molecule has 4 aromatic rings. The minimum absolute atomic E-state index is 0.0768. The van der Waals surface area contributed by atoms with Gasteiger partial charge in [0.15, 0.2) is 16.9 Å². The highest BCUT2D eigenvalue weighted by Gasteiger charge is 2.21. The summed E-state index contributed by atoms with van der Waals surface area (Å²) in [5.74, 6) is 0.452. The molecule has 0 aliphatic carbocycles. The average molecular weight is 447 g/mol. The molecule has 170 valence electrons. The number of Topliss-reactive ketones (excluding diaryl/α,β-unsaturated/α-hetero) is 1. The Balaban J connectivity index is 1.92. The van der Waals surface area contributed by atoms with Crippen molar-refractivity contribution in [3.05, 3.63) is 86.8 Å². The molecule has 0 N–H and O–H groups in total. The number of benzene rings is 2. The van der Waals surface area contributed by atoms with Crippen molar-refractivity contribution >= 4 is 16.9 Å². The number of methoxy groups -OCH3 is 1. The van der Waals surface area contributed by atoms with E-state index in [1.807, 2.05) is 45.0 Å². The predicted octanol–water partition coefficient (Wildman–Crippen LogP) is 3.20. The molecule has 8 nitrogen and oxygen atoms in total. The monoisotopic (exact) mass is 446 g/mol. The van der Waals surface area contributed by atoms with Gasteiger partial charge in [-0.1, -0.05) is 44.2 Å². The Morgan fingerprint density at radius 1 is 1.09 bits per heavy atom. The van der Waals surface area contributed by atoms with Gasteiger partial charge in [-0.3, -0.25) is 14.2 Å². The van der Waals surface area contributed by atoms with Crippen molar-refractivity contribution in [1.82, 2.24) is 18.7 Å². The third-order valence-electron chi connectivity index (χ3n) is 5.51. The number of hydrogen-bond donors (Lipinski definition) is 0. The van der Waals surface area contributed by atoms with Gasteiger partial charge in [-0.15, -0.1) is 0 Å². The molecule has 2 aromatic carbocycles. The first-order chi connectivity index (χ1) is 15.8. The maximum atomic E-state index is 13.4. The van der Waals surface area contributed by atoms with Crippen LogP contribution >= 0.6 is 0 Å². The van der Waals surface area contributed by atoms with Crippen LogP contribution in [-0.4, -0.2) is 31.6 Å². The van der Waals surface area contributed by atoms with Crippen LogP contribution in [0, 0.1) is 12.8 Å². The lowest BCUT2D eigenvalue weighted by Crippen LogP contribution is -2.41. The number of para-hydroxylation sites is 1. The van der Waals surface area contributed by atoms with Crippen molar-refractivity contribution in [2.24, 2.45) is 5.92 Å². The molecule has 0 saturated carbocycles. The fourth-order valence-electron chi connectivity index (χ4n) is 3.90. The van der Waals surface area contributed by atoms with Gasteiger partial charge in [0.05, 0.1) is 25.7 Å². The van der Waals surface area contributed by atoms with Crippen LogP contribution < -0.4 is 16.0 Å². The summed E-state index contributed by atoms with van der Waals surface area (Å²) < 4.78 is 9.42. The van der Waals surface area contributed by atoms with E-state index in [-0.39, 0.29) is 36.0 Å². The second kappa shape index (κ2) is 8.90. The molecule has 0 unspecified atom stereocenters. The Kier molecular flexibility index (Phi) is 6.00. The zero-order chi connectivity index (χ0) is 23.7. The average Bonchev–Trinajstić information content (AvgIpc) is 3.21. The Morgan fingerprint density at radius 3 is 2.55 bits per heavy atom. The largest absolute Gasteiger partial charge is 0.497 e. The summed E-state index contributed by atoms with van der Waals surface area (Å²) in [4.78, 5) is 44.2. The standard InChI is InChI=1S/C25H26N4O4/c1-16(2)13-28-24(31)22-23(29(25(28)32)20-11-6-5-8-17(20)3)26-15-27(22)14-21(30)18-9-7-10-19(12-18)33-4/h5-12,15-16H,13-14H2,1-4H3. The van der Waals surface area contributed by atoms with Crippen molar-refractivity contribution in [2.75, 3.05) is 7.11 Å². The van der Waals surface area contributed by atoms with Crippen LogP contribution in [0.4, 0.5) is 0 Å². The number of ketones is 1. The fraction of sp³-hybridized carbons (Fsp3) is 0.280. The van der Waals surface area contributed by atoms with Crippen LogP contribution in [0.2, 0.25) is 0 Å². The highest BCUT2D eigenvalue weighted by atomic mass is 16.5. The van der Waals surface area contributed by atoms with Crippen LogP contribution in [0.5, 0.6) is 5.75 Å². The number of aromatic nitrogens is 4. The second-order valence-corrected chi connectivity index (χ2v) is 8.41. The minimum Gasteiger partial charge on any atom is -0.497 e. The van der Waals surface area contributed by atoms with E-state index in [2.05, 4.69) is 4.98 Å². The summed E-state index contributed by atoms with van der Waals surface area (Å²) >= 11 is 0. The number of nitrogens with zero attached hydrogens (tertiary/aromatic N) is 4. The van der Waals surface area contributed by atoms with E-state index in [0.29, 0.717) is 17.0 Å². The highest BCUT2D eigenvalue weighted by Crippen LogP contribution is 2.18. The van der Waals surface area contributed by atoms with E-state index in [9.17, 15) is 14.4 Å². The number of hydrogen-bond acceptors (Lipinski definition) is 5. The fourth-order valence-corrected chi connectivity index (χ4v) is 3.90. The molecule has 0 amide bonds. The van der Waals surface area contributed by atoms with Gasteiger partial charge < -0.3 is 9.30 Å². The van der Waals surface area contributed by atoms with E-state index in [4.69, 9.17) is 4.74 Å². The molecule has 4 rings (SSSR count). The summed E-state index contributed by atoms with van der Waals surface area (Å²) in [5.41, 5.74) is 1.54. The molecular weight excluding hydrogens is 420 g/mol. The lowest BCUT2D eigenvalue weighted by atomic mass is 10.1. The zero-order valence-electron chi connectivity index (χ0n) is 19.1. The molecule has 2 aromatic heterocycles. The first-order valence-electron chi connectivity index (χ1n) is 10.8. The third kappa shape index (κ3) is 4.11. The first kappa shape index (κ1) is 22.3. The number of ether oxygens (including phenoxy) is 1. The van der Waals surface area contributed by atoms with Gasteiger partial charge in [0.2, 0.25) is 0 Å². The van der Waals surface area contributed by atoms with Crippen molar-refractivity contribution in [3.63, 3.8) is 0 Å². The van der Waals surface area contributed by atoms with Crippen LogP contribution in [-0.2, 0) is 13.1 Å².